The van der Waals surface area contributed by atoms with Crippen LogP contribution in [-0.2, 0) is 4.79 Å². The molecule has 1 amide bonds. The predicted octanol–water partition coefficient (Wildman–Crippen LogP) is 4.69. The van der Waals surface area contributed by atoms with Crippen LogP contribution in [0.4, 0.5) is 0 Å². The van der Waals surface area contributed by atoms with Gasteiger partial charge in [-0.05, 0) is 86.7 Å². The van der Waals surface area contributed by atoms with E-state index in [0.29, 0.717) is 11.8 Å². The maximum atomic E-state index is 12.9. The summed E-state index contributed by atoms with van der Waals surface area (Å²) in [5.74, 6) is 0.634. The molecule has 0 N–H and O–H groups in total. The number of thioether (sulfide) groups is 1. The van der Waals surface area contributed by atoms with Crippen LogP contribution in [0, 0.1) is 20.8 Å². The summed E-state index contributed by atoms with van der Waals surface area (Å²) in [5.41, 5.74) is 5.60. The summed E-state index contributed by atoms with van der Waals surface area (Å²) >= 11 is 1.50. The predicted molar refractivity (Wildman–Crippen MR) is 115 cm³/mol. The lowest BCUT2D eigenvalue weighted by Crippen LogP contribution is -2.44. The van der Waals surface area contributed by atoms with Crippen molar-refractivity contribution < 1.29 is 4.79 Å². The van der Waals surface area contributed by atoms with Crippen LogP contribution in [0.1, 0.15) is 49.3 Å². The maximum Gasteiger partial charge on any atom is 0.233 e. The van der Waals surface area contributed by atoms with E-state index in [1.54, 1.807) is 0 Å². The van der Waals surface area contributed by atoms with Crippen molar-refractivity contribution in [2.24, 2.45) is 0 Å². The molecule has 0 unspecified atom stereocenters. The van der Waals surface area contributed by atoms with E-state index in [0.717, 1.165) is 47.7 Å². The fraction of sp³-hybridized carbons (Fsp3) is 0.500. The van der Waals surface area contributed by atoms with Crippen molar-refractivity contribution in [2.45, 2.75) is 64.6 Å². The Hall–Kier alpha value is -2.08. The van der Waals surface area contributed by atoms with Crippen molar-refractivity contribution in [3.63, 3.8) is 0 Å². The number of carbonyl (C=O) groups is 1. The summed E-state index contributed by atoms with van der Waals surface area (Å²) in [7, 11) is 0. The highest BCUT2D eigenvalue weighted by Crippen LogP contribution is 2.28. The number of hydrogen-bond acceptors (Lipinski definition) is 4. The molecule has 0 saturated carbocycles. The van der Waals surface area contributed by atoms with E-state index in [2.05, 4.69) is 65.4 Å². The average Bonchev–Trinajstić information content (AvgIpc) is 3.12. The van der Waals surface area contributed by atoms with Crippen LogP contribution in [0.15, 0.2) is 23.4 Å². The smallest absolute Gasteiger partial charge is 0.233 e. The minimum Gasteiger partial charge on any atom is -0.339 e. The molecule has 5 nitrogen and oxygen atoms in total. The Morgan fingerprint density at radius 2 is 1.86 bits per heavy atom. The van der Waals surface area contributed by atoms with E-state index >= 15 is 0 Å². The number of benzene rings is 1. The van der Waals surface area contributed by atoms with Gasteiger partial charge in [0.1, 0.15) is 0 Å². The van der Waals surface area contributed by atoms with E-state index in [4.69, 9.17) is 0 Å². The van der Waals surface area contributed by atoms with Gasteiger partial charge in [-0.3, -0.25) is 9.20 Å². The van der Waals surface area contributed by atoms with Gasteiger partial charge in [0, 0.05) is 12.6 Å². The molecule has 0 spiro atoms. The van der Waals surface area contributed by atoms with E-state index < -0.39 is 0 Å². The fourth-order valence-electron chi connectivity index (χ4n) is 4.23. The van der Waals surface area contributed by atoms with Gasteiger partial charge in [0.25, 0.3) is 0 Å². The molecule has 0 radical (unpaired) electrons. The van der Waals surface area contributed by atoms with Crippen molar-refractivity contribution >= 4 is 34.2 Å². The molecule has 1 atom stereocenters. The zero-order valence-electron chi connectivity index (χ0n) is 17.2. The van der Waals surface area contributed by atoms with E-state index in [9.17, 15) is 4.79 Å². The first-order chi connectivity index (χ1) is 13.5. The molecule has 0 aliphatic carbocycles. The summed E-state index contributed by atoms with van der Waals surface area (Å²) in [4.78, 5) is 15.0. The molecule has 4 rings (SSSR count). The first-order valence-electron chi connectivity index (χ1n) is 10.2. The van der Waals surface area contributed by atoms with Crippen molar-refractivity contribution in [3.05, 3.63) is 34.9 Å². The SMILES string of the molecule is CC[C@@H]1CCCCN1C(=O)CSc1nnc2c(C)cc3cc(C)c(C)cc3n12. The van der Waals surface area contributed by atoms with Crippen LogP contribution in [0.2, 0.25) is 0 Å². The molecule has 6 heteroatoms. The number of likely N-dealkylation sites (tertiary alicyclic amines) is 1. The average molecular weight is 397 g/mol. The highest BCUT2D eigenvalue weighted by Gasteiger charge is 2.25. The van der Waals surface area contributed by atoms with Crippen LogP contribution in [0.25, 0.3) is 16.6 Å². The number of aromatic nitrogens is 3. The van der Waals surface area contributed by atoms with Gasteiger partial charge in [-0.15, -0.1) is 10.2 Å². The second-order valence-corrected chi connectivity index (χ2v) is 8.84. The monoisotopic (exact) mass is 396 g/mol. The Bertz CT molecular complexity index is 1040. The van der Waals surface area contributed by atoms with Crippen LogP contribution >= 0.6 is 11.8 Å². The number of piperidine rings is 1. The van der Waals surface area contributed by atoms with Crippen LogP contribution < -0.4 is 0 Å². The van der Waals surface area contributed by atoms with Gasteiger partial charge < -0.3 is 4.90 Å². The van der Waals surface area contributed by atoms with E-state index in [-0.39, 0.29) is 5.91 Å². The minimum atomic E-state index is 0.220. The van der Waals surface area contributed by atoms with Crippen LogP contribution in [-0.4, -0.2) is 43.7 Å². The Morgan fingerprint density at radius 3 is 2.64 bits per heavy atom. The summed E-state index contributed by atoms with van der Waals surface area (Å²) < 4.78 is 2.11. The number of fused-ring (bicyclic) bond motifs is 3. The molecule has 3 aromatic rings. The van der Waals surface area contributed by atoms with Crippen LogP contribution in [0.3, 0.4) is 0 Å². The number of pyridine rings is 1. The summed E-state index contributed by atoms with van der Waals surface area (Å²) in [5, 5.41) is 10.8. The van der Waals surface area contributed by atoms with Crippen molar-refractivity contribution in [2.75, 3.05) is 12.3 Å². The van der Waals surface area contributed by atoms with Gasteiger partial charge in [0.2, 0.25) is 5.91 Å². The maximum absolute atomic E-state index is 12.9. The van der Waals surface area contributed by atoms with Crippen molar-refractivity contribution in [3.8, 4) is 0 Å². The molecular weight excluding hydrogens is 368 g/mol. The fourth-order valence-corrected chi connectivity index (χ4v) is 5.06. The van der Waals surface area contributed by atoms with Crippen molar-refractivity contribution in [1.29, 1.82) is 0 Å². The quantitative estimate of drug-likeness (QED) is 0.600. The number of carbonyl (C=O) groups excluding carboxylic acids is 1. The largest absolute Gasteiger partial charge is 0.339 e. The van der Waals surface area contributed by atoms with E-state index in [1.807, 2.05) is 0 Å². The molecule has 148 valence electrons. The Morgan fingerprint density at radius 1 is 1.11 bits per heavy atom. The third kappa shape index (κ3) is 3.39. The lowest BCUT2D eigenvalue weighted by atomic mass is 10.0. The summed E-state index contributed by atoms with van der Waals surface area (Å²) in [6.45, 7) is 9.39. The number of aryl methyl sites for hydroxylation is 3. The van der Waals surface area contributed by atoms with Gasteiger partial charge in [0.15, 0.2) is 10.8 Å². The molecular formula is C22H28N4OS. The van der Waals surface area contributed by atoms with Gasteiger partial charge >= 0.3 is 0 Å². The van der Waals surface area contributed by atoms with Crippen LogP contribution in [0.5, 0.6) is 0 Å². The second-order valence-electron chi connectivity index (χ2n) is 7.90. The van der Waals surface area contributed by atoms with Gasteiger partial charge in [-0.2, -0.15) is 0 Å². The number of rotatable bonds is 4. The molecule has 0 bridgehead atoms. The molecule has 3 heterocycles. The summed E-state index contributed by atoms with van der Waals surface area (Å²) in [6.07, 6.45) is 4.51. The molecule has 1 fully saturated rings. The first kappa shape index (κ1) is 19.2. The molecule has 1 aromatic carbocycles. The molecule has 1 aliphatic heterocycles. The number of nitrogens with zero attached hydrogens (tertiary/aromatic N) is 4. The number of hydrogen-bond donors (Lipinski definition) is 0. The first-order valence-corrected chi connectivity index (χ1v) is 11.2. The molecule has 2 aromatic heterocycles. The summed E-state index contributed by atoms with van der Waals surface area (Å²) in [6, 6.07) is 6.98. The third-order valence-electron chi connectivity index (χ3n) is 5.99. The van der Waals surface area contributed by atoms with Gasteiger partial charge in [-0.25, -0.2) is 0 Å². The normalized spacial score (nSPS) is 17.6. The highest BCUT2D eigenvalue weighted by molar-refractivity contribution is 7.99. The zero-order chi connectivity index (χ0) is 19.8. The Labute approximate surface area is 170 Å². The van der Waals surface area contributed by atoms with Gasteiger partial charge in [-0.1, -0.05) is 18.7 Å². The topological polar surface area (TPSA) is 50.5 Å². The standard InChI is InChI=1S/C22H28N4OS/c1-5-18-8-6-7-9-25(18)20(27)13-28-22-24-23-21-16(4)11-17-10-14(2)15(3)12-19(17)26(21)22/h10-12,18H,5-9,13H2,1-4H3/t18-/m1/s1. The Kier molecular flexibility index (Phi) is 5.32. The Balaban J connectivity index is 1.66. The molecule has 28 heavy (non-hydrogen) atoms. The molecule has 1 aliphatic rings. The lowest BCUT2D eigenvalue weighted by Gasteiger charge is -2.35. The van der Waals surface area contributed by atoms with Crippen molar-refractivity contribution in [1.82, 2.24) is 19.5 Å². The highest BCUT2D eigenvalue weighted by atomic mass is 32.2. The van der Waals surface area contributed by atoms with E-state index in [1.165, 1.54) is 34.7 Å². The number of amides is 1. The minimum absolute atomic E-state index is 0.220. The third-order valence-corrected chi connectivity index (χ3v) is 6.90. The lowest BCUT2D eigenvalue weighted by molar-refractivity contribution is -0.132. The van der Waals surface area contributed by atoms with Gasteiger partial charge in [0.05, 0.1) is 11.3 Å². The zero-order valence-corrected chi connectivity index (χ0v) is 18.0. The molecule has 1 saturated heterocycles. The second kappa shape index (κ2) is 7.74.